The van der Waals surface area contributed by atoms with E-state index in [0.29, 0.717) is 56.5 Å². The van der Waals surface area contributed by atoms with Crippen molar-refractivity contribution in [3.8, 4) is 6.07 Å². The summed E-state index contributed by atoms with van der Waals surface area (Å²) >= 11 is 0. The molecule has 9 nitrogen and oxygen atoms in total. The van der Waals surface area contributed by atoms with Gasteiger partial charge in [0, 0.05) is 55.6 Å². The van der Waals surface area contributed by atoms with E-state index < -0.39 is 6.17 Å². The number of halogens is 1. The maximum atomic E-state index is 16.3. The fraction of sp³-hybridized carbons (Fsp3) is 0.895. The van der Waals surface area contributed by atoms with Gasteiger partial charge in [-0.3, -0.25) is 20.3 Å². The largest absolute Gasteiger partial charge is 0.348 e. The molecule has 0 aromatic heterocycles. The van der Waals surface area contributed by atoms with Crippen LogP contribution in [-0.2, 0) is 9.53 Å². The van der Waals surface area contributed by atoms with Gasteiger partial charge in [-0.05, 0) is 102 Å². The van der Waals surface area contributed by atoms with Crippen molar-refractivity contribution in [3.05, 3.63) is 12.7 Å². The maximum Gasteiger partial charge on any atom is 0.246 e. The summed E-state index contributed by atoms with van der Waals surface area (Å²) in [5, 5.41) is 18.1. The van der Waals surface area contributed by atoms with Crippen LogP contribution in [0.3, 0.4) is 0 Å². The topological polar surface area (TPSA) is 87.1 Å². The van der Waals surface area contributed by atoms with E-state index in [1.165, 1.54) is 51.0 Å². The molecule has 0 bridgehead atoms. The van der Waals surface area contributed by atoms with E-state index >= 15 is 4.39 Å². The smallest absolute Gasteiger partial charge is 0.246 e. The second-order valence-electron chi connectivity index (χ2n) is 16.9. The number of likely N-dealkylation sites (N-methyl/N-ethyl adjacent to an activating group) is 1. The minimum atomic E-state index is -0.721. The van der Waals surface area contributed by atoms with Crippen molar-refractivity contribution in [2.24, 2.45) is 23.2 Å². The Bertz CT molecular complexity index is 1190. The van der Waals surface area contributed by atoms with Crippen LogP contribution >= 0.6 is 0 Å². The highest BCUT2D eigenvalue weighted by atomic mass is 19.1. The summed E-state index contributed by atoms with van der Waals surface area (Å²) in [7, 11) is 4.47. The molecular weight excluding hydrogens is 605 g/mol. The third kappa shape index (κ3) is 6.39. The van der Waals surface area contributed by atoms with Gasteiger partial charge in [0.2, 0.25) is 5.91 Å². The highest BCUT2D eigenvalue weighted by Gasteiger charge is 2.65. The van der Waals surface area contributed by atoms with Gasteiger partial charge < -0.3 is 19.4 Å². The molecule has 48 heavy (non-hydrogen) atoms. The van der Waals surface area contributed by atoms with Crippen molar-refractivity contribution in [3.63, 3.8) is 0 Å². The average molecular weight is 668 g/mol. The Balaban J connectivity index is 1.25. The Hall–Kier alpha value is -1.61. The van der Waals surface area contributed by atoms with Crippen molar-refractivity contribution in [1.29, 1.82) is 5.26 Å². The molecule has 1 spiro atoms. The first-order valence-electron chi connectivity index (χ1n) is 19.5. The van der Waals surface area contributed by atoms with E-state index in [4.69, 9.17) is 4.74 Å². The molecule has 3 aliphatic carbocycles. The third-order valence-corrected chi connectivity index (χ3v) is 14.4. The van der Waals surface area contributed by atoms with Crippen LogP contribution in [-0.4, -0.2) is 121 Å². The van der Waals surface area contributed by atoms with Gasteiger partial charge in [-0.25, -0.2) is 4.39 Å². The molecular formula is C38H62FN7O2. The van der Waals surface area contributed by atoms with Gasteiger partial charge in [-0.1, -0.05) is 32.3 Å². The molecule has 7 rings (SSSR count). The van der Waals surface area contributed by atoms with E-state index in [2.05, 4.69) is 52.1 Å². The quantitative estimate of drug-likeness (QED) is 0.304. The molecule has 1 amide bonds. The number of amides is 1. The van der Waals surface area contributed by atoms with Gasteiger partial charge in [0.1, 0.15) is 6.17 Å². The van der Waals surface area contributed by atoms with Crippen LogP contribution in [0, 0.1) is 34.5 Å². The molecule has 3 saturated carbocycles. The van der Waals surface area contributed by atoms with Crippen molar-refractivity contribution in [2.45, 2.75) is 139 Å². The first-order chi connectivity index (χ1) is 23.3. The van der Waals surface area contributed by atoms with Gasteiger partial charge in [0.05, 0.1) is 31.3 Å². The second kappa shape index (κ2) is 14.6. The number of hydrogen-bond acceptors (Lipinski definition) is 8. The summed E-state index contributed by atoms with van der Waals surface area (Å²) in [6.07, 6.45) is 16.6. The molecule has 4 aliphatic heterocycles. The molecule has 0 aromatic carbocycles. The molecule has 10 heteroatoms. The Morgan fingerprint density at radius 2 is 1.81 bits per heavy atom. The van der Waals surface area contributed by atoms with Crippen LogP contribution in [0.5, 0.6) is 0 Å². The molecule has 4 heterocycles. The van der Waals surface area contributed by atoms with E-state index in [9.17, 15) is 10.1 Å². The maximum absolute atomic E-state index is 16.3. The third-order valence-electron chi connectivity index (χ3n) is 14.4. The van der Waals surface area contributed by atoms with Crippen LogP contribution in [0.2, 0.25) is 0 Å². The average Bonchev–Trinajstić information content (AvgIpc) is 3.47. The van der Waals surface area contributed by atoms with Crippen LogP contribution in [0.15, 0.2) is 12.7 Å². The van der Waals surface area contributed by atoms with Gasteiger partial charge >= 0.3 is 0 Å². The van der Waals surface area contributed by atoms with E-state index in [-0.39, 0.29) is 41.3 Å². The van der Waals surface area contributed by atoms with Crippen LogP contribution < -0.4 is 10.6 Å². The molecule has 7 aliphatic rings. The lowest BCUT2D eigenvalue weighted by molar-refractivity contribution is -0.169. The zero-order valence-corrected chi connectivity index (χ0v) is 29.8. The Morgan fingerprint density at radius 3 is 2.54 bits per heavy atom. The predicted molar refractivity (Wildman–Crippen MR) is 185 cm³/mol. The summed E-state index contributed by atoms with van der Waals surface area (Å²) in [4.78, 5) is 22.2. The molecule has 7 fully saturated rings. The summed E-state index contributed by atoms with van der Waals surface area (Å²) < 4.78 is 23.2. The lowest BCUT2D eigenvalue weighted by Crippen LogP contribution is -2.79. The number of likely N-dealkylation sites (tertiary alicyclic amines) is 2. The Kier molecular flexibility index (Phi) is 10.6. The molecule has 268 valence electrons. The zero-order chi connectivity index (χ0) is 33.5. The Morgan fingerprint density at radius 1 is 1.00 bits per heavy atom. The lowest BCUT2D eigenvalue weighted by Gasteiger charge is -2.64. The molecule has 2 N–H and O–H groups in total. The van der Waals surface area contributed by atoms with E-state index in [0.717, 1.165) is 58.2 Å². The van der Waals surface area contributed by atoms with Gasteiger partial charge in [-0.15, -0.1) is 0 Å². The minimum absolute atomic E-state index is 0.0361. The number of alkyl halides is 1. The van der Waals surface area contributed by atoms with Gasteiger partial charge in [0.15, 0.2) is 6.35 Å². The first kappa shape index (κ1) is 34.8. The number of piperazine rings is 1. The number of ether oxygens (including phenoxy) is 1. The predicted octanol–water partition coefficient (Wildman–Crippen LogP) is 4.46. The first-order valence-corrected chi connectivity index (χ1v) is 19.5. The van der Waals surface area contributed by atoms with Crippen molar-refractivity contribution >= 4 is 5.91 Å². The summed E-state index contributed by atoms with van der Waals surface area (Å²) in [6.45, 7) is 8.54. The molecule has 10 atom stereocenters. The standard InChI is InChI=1S/C38H62FN7O2/c1-4-33(47)46-22-21-45(23-28(46)17-19-40)35-30-16-18-37(26-44(3)32-15-9-14-31(39)34(32)37)25-38(30,27-11-7-5-6-8-12-27)42-36(41-35)48-24-29-13-10-20-43(29)2/h4,27-32,34-36,41-42H,1,5-18,20-26H2,2-3H3/t28-,29-,30?,31+,32?,34?,35?,36?,37-,38?/m1/s1. The van der Waals surface area contributed by atoms with E-state index in [1.54, 1.807) is 0 Å². The van der Waals surface area contributed by atoms with Gasteiger partial charge in [0.25, 0.3) is 0 Å². The SMILES string of the molecule is C=CC(=O)N1CCN(C2NC(OC[C@H]3CCCN3C)NC3(C4CCCCCC4)C[C@]4(CCC23)CN(C)C2CCC[C@H](F)C24)C[C@H]1CC#N. The Labute approximate surface area is 288 Å². The highest BCUT2D eigenvalue weighted by Crippen LogP contribution is 2.61. The molecule has 0 radical (unpaired) electrons. The van der Waals surface area contributed by atoms with Crippen LogP contribution in [0.4, 0.5) is 4.39 Å². The molecule has 0 aromatic rings. The van der Waals surface area contributed by atoms with Crippen molar-refractivity contribution in [1.82, 2.24) is 30.2 Å². The number of nitriles is 1. The number of carbonyl (C=O) groups excluding carboxylic acids is 1. The number of nitrogens with zero attached hydrogens (tertiary/aromatic N) is 5. The summed E-state index contributed by atoms with van der Waals surface area (Å²) in [6, 6.07) is 2.97. The number of fused-ring (bicyclic) bond motifs is 3. The molecule has 4 saturated heterocycles. The van der Waals surface area contributed by atoms with Crippen molar-refractivity contribution in [2.75, 3.05) is 53.4 Å². The second-order valence-corrected chi connectivity index (χ2v) is 16.9. The lowest BCUT2D eigenvalue weighted by atomic mass is 9.51. The zero-order valence-electron chi connectivity index (χ0n) is 29.8. The van der Waals surface area contributed by atoms with Crippen molar-refractivity contribution < 1.29 is 13.9 Å². The minimum Gasteiger partial charge on any atom is -0.348 e. The van der Waals surface area contributed by atoms with Crippen LogP contribution in [0.25, 0.3) is 0 Å². The number of nitrogens with one attached hydrogen (secondary N) is 2. The fourth-order valence-electron chi connectivity index (χ4n) is 12.2. The van der Waals surface area contributed by atoms with Gasteiger partial charge in [-0.2, -0.15) is 5.26 Å². The highest BCUT2D eigenvalue weighted by molar-refractivity contribution is 5.87. The normalized spacial score (nSPS) is 43.4. The van der Waals surface area contributed by atoms with E-state index in [1.807, 2.05) is 4.90 Å². The number of hydrogen-bond donors (Lipinski definition) is 2. The fourth-order valence-corrected chi connectivity index (χ4v) is 12.2. The summed E-state index contributed by atoms with van der Waals surface area (Å²) in [5.41, 5.74) is -0.206. The summed E-state index contributed by atoms with van der Waals surface area (Å²) in [5.74, 6) is 0.859. The monoisotopic (exact) mass is 667 g/mol. The number of rotatable bonds is 7. The molecule has 6 unspecified atom stereocenters. The number of carbonyl (C=O) groups is 1. The van der Waals surface area contributed by atoms with Crippen LogP contribution in [0.1, 0.15) is 96.3 Å².